The summed E-state index contributed by atoms with van der Waals surface area (Å²) in [5.41, 5.74) is 0.633. The SMILES string of the molecule is O=C(O[C@H]1C[C@@H]2CC3(C[C@@H]2C1)OCCO3)c1ccccc1. The second-order valence-corrected chi connectivity index (χ2v) is 6.40. The molecule has 1 aliphatic heterocycles. The lowest BCUT2D eigenvalue weighted by Gasteiger charge is -2.23. The van der Waals surface area contributed by atoms with Crippen LogP contribution in [0.3, 0.4) is 0 Å². The molecule has 3 atom stereocenters. The van der Waals surface area contributed by atoms with Crippen molar-refractivity contribution in [2.45, 2.75) is 37.6 Å². The molecule has 1 aromatic rings. The van der Waals surface area contributed by atoms with Crippen molar-refractivity contribution in [1.82, 2.24) is 0 Å². The Bertz CT molecular complexity index is 505. The molecule has 4 rings (SSSR count). The number of hydrogen-bond acceptors (Lipinski definition) is 4. The van der Waals surface area contributed by atoms with Crippen LogP contribution >= 0.6 is 0 Å². The van der Waals surface area contributed by atoms with E-state index in [4.69, 9.17) is 14.2 Å². The van der Waals surface area contributed by atoms with E-state index in [1.807, 2.05) is 18.2 Å². The summed E-state index contributed by atoms with van der Waals surface area (Å²) in [7, 11) is 0. The Morgan fingerprint density at radius 1 is 1.05 bits per heavy atom. The molecule has 1 saturated heterocycles. The van der Waals surface area contributed by atoms with E-state index in [1.165, 1.54) is 0 Å². The van der Waals surface area contributed by atoms with Crippen LogP contribution in [0.15, 0.2) is 30.3 Å². The van der Waals surface area contributed by atoms with E-state index in [-0.39, 0.29) is 17.9 Å². The number of hydrogen-bond donors (Lipinski definition) is 0. The number of fused-ring (bicyclic) bond motifs is 1. The van der Waals surface area contributed by atoms with Gasteiger partial charge in [0.05, 0.1) is 18.8 Å². The molecule has 0 N–H and O–H groups in total. The van der Waals surface area contributed by atoms with Crippen LogP contribution < -0.4 is 0 Å². The van der Waals surface area contributed by atoms with E-state index < -0.39 is 0 Å². The molecule has 112 valence electrons. The highest BCUT2D eigenvalue weighted by atomic mass is 16.7. The fraction of sp³-hybridized carbons (Fsp3) is 0.588. The molecule has 2 aliphatic carbocycles. The largest absolute Gasteiger partial charge is 0.459 e. The van der Waals surface area contributed by atoms with E-state index in [0.29, 0.717) is 30.6 Å². The minimum atomic E-state index is -0.316. The van der Waals surface area contributed by atoms with E-state index in [2.05, 4.69) is 0 Å². The topological polar surface area (TPSA) is 44.8 Å². The molecule has 3 fully saturated rings. The third-order valence-electron chi connectivity index (χ3n) is 5.04. The third kappa shape index (κ3) is 2.47. The van der Waals surface area contributed by atoms with E-state index in [0.717, 1.165) is 25.7 Å². The van der Waals surface area contributed by atoms with Gasteiger partial charge in [-0.15, -0.1) is 0 Å². The summed E-state index contributed by atoms with van der Waals surface area (Å²) in [6, 6.07) is 9.22. The Balaban J connectivity index is 1.35. The summed E-state index contributed by atoms with van der Waals surface area (Å²) >= 11 is 0. The van der Waals surface area contributed by atoms with Crippen molar-refractivity contribution in [3.8, 4) is 0 Å². The maximum absolute atomic E-state index is 12.1. The summed E-state index contributed by atoms with van der Waals surface area (Å²) in [6.07, 6.45) is 3.84. The molecule has 1 spiro atoms. The Labute approximate surface area is 124 Å². The van der Waals surface area contributed by atoms with Crippen molar-refractivity contribution < 1.29 is 19.0 Å². The summed E-state index contributed by atoms with van der Waals surface area (Å²) in [5.74, 6) is 0.612. The van der Waals surface area contributed by atoms with Crippen molar-refractivity contribution >= 4 is 5.97 Å². The molecule has 0 unspecified atom stereocenters. The highest BCUT2D eigenvalue weighted by Crippen LogP contribution is 2.52. The zero-order valence-electron chi connectivity index (χ0n) is 12.0. The van der Waals surface area contributed by atoms with Gasteiger partial charge in [-0.05, 0) is 36.8 Å². The fourth-order valence-corrected chi connectivity index (χ4v) is 4.16. The maximum Gasteiger partial charge on any atom is 0.338 e. The molecule has 0 aromatic heterocycles. The first-order chi connectivity index (χ1) is 10.2. The molecular formula is C17H20O4. The maximum atomic E-state index is 12.1. The van der Waals surface area contributed by atoms with Crippen LogP contribution in [0, 0.1) is 11.8 Å². The molecule has 2 saturated carbocycles. The zero-order chi connectivity index (χ0) is 14.3. The number of benzene rings is 1. The lowest BCUT2D eigenvalue weighted by molar-refractivity contribution is -0.156. The number of carbonyl (C=O) groups excluding carboxylic acids is 1. The van der Waals surface area contributed by atoms with Gasteiger partial charge in [-0.25, -0.2) is 4.79 Å². The van der Waals surface area contributed by atoms with Gasteiger partial charge in [-0.2, -0.15) is 0 Å². The van der Waals surface area contributed by atoms with Gasteiger partial charge in [0.25, 0.3) is 0 Å². The Hall–Kier alpha value is -1.39. The lowest BCUT2D eigenvalue weighted by atomic mass is 10.0. The first kappa shape index (κ1) is 13.3. The van der Waals surface area contributed by atoms with Crippen LogP contribution in [0.25, 0.3) is 0 Å². The van der Waals surface area contributed by atoms with Crippen molar-refractivity contribution in [1.29, 1.82) is 0 Å². The minimum Gasteiger partial charge on any atom is -0.459 e. The van der Waals surface area contributed by atoms with Crippen LogP contribution in [0.1, 0.15) is 36.0 Å². The molecule has 1 aromatic carbocycles. The smallest absolute Gasteiger partial charge is 0.338 e. The van der Waals surface area contributed by atoms with Gasteiger partial charge in [0.2, 0.25) is 0 Å². The van der Waals surface area contributed by atoms with Crippen molar-refractivity contribution in [2.24, 2.45) is 11.8 Å². The lowest BCUT2D eigenvalue weighted by Crippen LogP contribution is -2.28. The van der Waals surface area contributed by atoms with Crippen LogP contribution in [-0.2, 0) is 14.2 Å². The monoisotopic (exact) mass is 288 g/mol. The molecule has 3 aliphatic rings. The highest BCUT2D eigenvalue weighted by Gasteiger charge is 2.53. The van der Waals surface area contributed by atoms with Gasteiger partial charge < -0.3 is 14.2 Å². The van der Waals surface area contributed by atoms with Gasteiger partial charge in [-0.3, -0.25) is 0 Å². The Morgan fingerprint density at radius 2 is 1.67 bits per heavy atom. The van der Waals surface area contributed by atoms with Gasteiger partial charge in [0, 0.05) is 12.8 Å². The van der Waals surface area contributed by atoms with Crippen LogP contribution in [-0.4, -0.2) is 31.1 Å². The number of ether oxygens (including phenoxy) is 3. The van der Waals surface area contributed by atoms with E-state index in [9.17, 15) is 4.79 Å². The molecule has 1 heterocycles. The summed E-state index contributed by atoms with van der Waals surface area (Å²) < 4.78 is 17.3. The highest BCUT2D eigenvalue weighted by molar-refractivity contribution is 5.89. The molecule has 0 amide bonds. The predicted molar refractivity (Wildman–Crippen MR) is 75.7 cm³/mol. The van der Waals surface area contributed by atoms with E-state index in [1.54, 1.807) is 12.1 Å². The van der Waals surface area contributed by atoms with Gasteiger partial charge in [0.1, 0.15) is 6.10 Å². The van der Waals surface area contributed by atoms with Crippen molar-refractivity contribution in [3.05, 3.63) is 35.9 Å². The van der Waals surface area contributed by atoms with Crippen LogP contribution in [0.2, 0.25) is 0 Å². The molecule has 0 radical (unpaired) electrons. The van der Waals surface area contributed by atoms with Gasteiger partial charge in [0.15, 0.2) is 5.79 Å². The third-order valence-corrected chi connectivity index (χ3v) is 5.04. The summed E-state index contributed by atoms with van der Waals surface area (Å²) in [6.45, 7) is 1.43. The van der Waals surface area contributed by atoms with Gasteiger partial charge >= 0.3 is 5.97 Å². The number of esters is 1. The van der Waals surface area contributed by atoms with Crippen LogP contribution in [0.5, 0.6) is 0 Å². The Morgan fingerprint density at radius 3 is 2.29 bits per heavy atom. The first-order valence-corrected chi connectivity index (χ1v) is 7.78. The first-order valence-electron chi connectivity index (χ1n) is 7.78. The quantitative estimate of drug-likeness (QED) is 0.785. The standard InChI is InChI=1S/C17H20O4/c18-16(12-4-2-1-3-5-12)21-15-8-13-10-17(11-14(13)9-15)19-6-7-20-17/h1-5,13-15H,6-11H2/t13-,14+,15+. The average Bonchev–Trinajstić information content (AvgIpc) is 3.16. The minimum absolute atomic E-state index is 0.0476. The molecule has 21 heavy (non-hydrogen) atoms. The second-order valence-electron chi connectivity index (χ2n) is 6.40. The fourth-order valence-electron chi connectivity index (χ4n) is 4.16. The summed E-state index contributed by atoms with van der Waals surface area (Å²) in [4.78, 5) is 12.1. The average molecular weight is 288 g/mol. The molecule has 4 heteroatoms. The van der Waals surface area contributed by atoms with Crippen molar-refractivity contribution in [2.75, 3.05) is 13.2 Å². The molecular weight excluding hydrogens is 268 g/mol. The van der Waals surface area contributed by atoms with Crippen LogP contribution in [0.4, 0.5) is 0 Å². The second kappa shape index (κ2) is 5.11. The zero-order valence-corrected chi connectivity index (χ0v) is 12.0. The van der Waals surface area contributed by atoms with Gasteiger partial charge in [-0.1, -0.05) is 18.2 Å². The normalized spacial score (nSPS) is 33.2. The predicted octanol–water partition coefficient (Wildman–Crippen LogP) is 2.78. The number of carbonyl (C=O) groups is 1. The molecule has 4 nitrogen and oxygen atoms in total. The summed E-state index contributed by atoms with van der Waals surface area (Å²) in [5, 5.41) is 0. The number of rotatable bonds is 2. The van der Waals surface area contributed by atoms with Crippen molar-refractivity contribution in [3.63, 3.8) is 0 Å². The van der Waals surface area contributed by atoms with E-state index >= 15 is 0 Å². The Kier molecular flexibility index (Phi) is 3.23. The molecule has 0 bridgehead atoms.